The van der Waals surface area contributed by atoms with Crippen molar-refractivity contribution in [1.29, 1.82) is 0 Å². The van der Waals surface area contributed by atoms with Gasteiger partial charge in [-0.15, -0.1) is 11.8 Å². The van der Waals surface area contributed by atoms with Gasteiger partial charge < -0.3 is 5.73 Å². The topological polar surface area (TPSA) is 38.9 Å². The third-order valence-electron chi connectivity index (χ3n) is 3.75. The summed E-state index contributed by atoms with van der Waals surface area (Å²) in [6.07, 6.45) is 9.81. The maximum Gasteiger partial charge on any atom is 0.0991 e. The Morgan fingerprint density at radius 3 is 2.72 bits per heavy atom. The highest BCUT2D eigenvalue weighted by Gasteiger charge is 2.16. The van der Waals surface area contributed by atoms with Gasteiger partial charge in [0.1, 0.15) is 0 Å². The first kappa shape index (κ1) is 13.9. The molecule has 0 aromatic carbocycles. The molecule has 0 bridgehead atoms. The summed E-state index contributed by atoms with van der Waals surface area (Å²) in [5.41, 5.74) is 8.50. The van der Waals surface area contributed by atoms with Crippen molar-refractivity contribution < 1.29 is 0 Å². The van der Waals surface area contributed by atoms with Crippen LogP contribution in [0.1, 0.15) is 62.6 Å². The minimum Gasteiger partial charge on any atom is -0.324 e. The minimum absolute atomic E-state index is 0.130. The summed E-state index contributed by atoms with van der Waals surface area (Å²) < 4.78 is 0. The Bertz CT molecular complexity index is 386. The molecule has 3 heteroatoms. The first-order valence-electron chi connectivity index (χ1n) is 7.09. The van der Waals surface area contributed by atoms with E-state index in [0.29, 0.717) is 0 Å². The predicted molar refractivity (Wildman–Crippen MR) is 78.9 cm³/mol. The van der Waals surface area contributed by atoms with Crippen LogP contribution in [0.3, 0.4) is 0 Å². The molecule has 0 amide bonds. The van der Waals surface area contributed by atoms with Gasteiger partial charge in [-0.2, -0.15) is 0 Å². The van der Waals surface area contributed by atoms with Gasteiger partial charge in [-0.3, -0.25) is 0 Å². The third kappa shape index (κ3) is 3.48. The van der Waals surface area contributed by atoms with Crippen LogP contribution in [0.2, 0.25) is 0 Å². The predicted octanol–water partition coefficient (Wildman–Crippen LogP) is 4.22. The van der Waals surface area contributed by atoms with Crippen LogP contribution in [0.4, 0.5) is 0 Å². The highest BCUT2D eigenvalue weighted by molar-refractivity contribution is 7.99. The van der Waals surface area contributed by atoms with E-state index in [-0.39, 0.29) is 6.04 Å². The Morgan fingerprint density at radius 1 is 1.39 bits per heavy atom. The van der Waals surface area contributed by atoms with Gasteiger partial charge in [0.2, 0.25) is 0 Å². The van der Waals surface area contributed by atoms with Gasteiger partial charge in [-0.25, -0.2) is 4.98 Å². The smallest absolute Gasteiger partial charge is 0.0991 e. The van der Waals surface area contributed by atoms with E-state index in [0.717, 1.165) is 11.7 Å². The molecule has 1 fully saturated rings. The quantitative estimate of drug-likeness (QED) is 0.884. The van der Waals surface area contributed by atoms with Gasteiger partial charge in [0, 0.05) is 17.5 Å². The summed E-state index contributed by atoms with van der Waals surface area (Å²) in [6.45, 7) is 4.27. The number of hydrogen-bond donors (Lipinski definition) is 1. The van der Waals surface area contributed by atoms with Crippen LogP contribution in [0.25, 0.3) is 0 Å². The molecular formula is C15H24N2S. The number of hydrogen-bond acceptors (Lipinski definition) is 3. The number of rotatable bonds is 4. The highest BCUT2D eigenvalue weighted by Crippen LogP contribution is 2.34. The monoisotopic (exact) mass is 264 g/mol. The van der Waals surface area contributed by atoms with E-state index in [4.69, 9.17) is 5.73 Å². The zero-order chi connectivity index (χ0) is 13.0. The van der Waals surface area contributed by atoms with Crippen LogP contribution in [-0.4, -0.2) is 10.2 Å². The Kier molecular flexibility index (Phi) is 5.07. The average molecular weight is 264 g/mol. The van der Waals surface area contributed by atoms with E-state index in [1.165, 1.54) is 48.3 Å². The zero-order valence-corrected chi connectivity index (χ0v) is 12.3. The van der Waals surface area contributed by atoms with Gasteiger partial charge in [0.15, 0.2) is 0 Å². The molecule has 0 aliphatic heterocycles. The molecule has 100 valence electrons. The molecule has 18 heavy (non-hydrogen) atoms. The Balaban J connectivity index is 2.04. The summed E-state index contributed by atoms with van der Waals surface area (Å²) >= 11 is 1.97. The molecule has 2 rings (SSSR count). The van der Waals surface area contributed by atoms with E-state index >= 15 is 0 Å². The third-order valence-corrected chi connectivity index (χ3v) is 5.21. The molecule has 2 N–H and O–H groups in total. The zero-order valence-electron chi connectivity index (χ0n) is 11.5. The second-order valence-corrected chi connectivity index (χ2v) is 6.57. The van der Waals surface area contributed by atoms with Crippen molar-refractivity contribution in [2.24, 2.45) is 5.73 Å². The SMILES string of the molecule is CC[C@@H](N)c1cnc(SC2CCCCC2)c(C)c1. The molecule has 1 heterocycles. The molecule has 1 aliphatic rings. The minimum atomic E-state index is 0.130. The molecule has 0 saturated heterocycles. The van der Waals surface area contributed by atoms with Crippen LogP contribution in [-0.2, 0) is 0 Å². The maximum absolute atomic E-state index is 6.05. The number of aryl methyl sites for hydroxylation is 1. The van der Waals surface area contributed by atoms with Gasteiger partial charge in [-0.05, 0) is 37.3 Å². The van der Waals surface area contributed by atoms with E-state index in [9.17, 15) is 0 Å². The average Bonchev–Trinajstić information content (AvgIpc) is 2.41. The number of aromatic nitrogens is 1. The fourth-order valence-electron chi connectivity index (χ4n) is 2.49. The van der Waals surface area contributed by atoms with Crippen LogP contribution < -0.4 is 5.73 Å². The lowest BCUT2D eigenvalue weighted by Gasteiger charge is -2.21. The van der Waals surface area contributed by atoms with Crippen LogP contribution in [0.15, 0.2) is 17.3 Å². The first-order chi connectivity index (χ1) is 8.70. The standard InChI is InChI=1S/C15H24N2S/c1-3-14(16)12-9-11(2)15(17-10-12)18-13-7-5-4-6-8-13/h9-10,13-14H,3-8,16H2,1-2H3/t14-/m1/s1. The number of pyridine rings is 1. The van der Waals surface area contributed by atoms with Crippen LogP contribution in [0, 0.1) is 6.92 Å². The van der Waals surface area contributed by atoms with Crippen molar-refractivity contribution in [2.45, 2.75) is 68.7 Å². The van der Waals surface area contributed by atoms with E-state index in [1.54, 1.807) is 0 Å². The summed E-state index contributed by atoms with van der Waals surface area (Å²) in [5.74, 6) is 0. The molecule has 1 aliphatic carbocycles. The molecule has 0 unspecified atom stereocenters. The molecule has 0 spiro atoms. The second-order valence-electron chi connectivity index (χ2n) is 5.28. The second kappa shape index (κ2) is 6.58. The van der Waals surface area contributed by atoms with Gasteiger partial charge >= 0.3 is 0 Å². The Morgan fingerprint density at radius 2 is 2.11 bits per heavy atom. The highest BCUT2D eigenvalue weighted by atomic mass is 32.2. The van der Waals surface area contributed by atoms with Crippen molar-refractivity contribution in [3.05, 3.63) is 23.4 Å². The lowest BCUT2D eigenvalue weighted by Crippen LogP contribution is -2.11. The van der Waals surface area contributed by atoms with E-state index in [2.05, 4.69) is 24.9 Å². The number of thioether (sulfide) groups is 1. The van der Waals surface area contributed by atoms with Crippen LogP contribution in [0.5, 0.6) is 0 Å². The van der Waals surface area contributed by atoms with Crippen LogP contribution >= 0.6 is 11.8 Å². The summed E-state index contributed by atoms with van der Waals surface area (Å²) in [6, 6.07) is 2.34. The number of nitrogens with two attached hydrogens (primary N) is 1. The molecule has 1 aromatic heterocycles. The van der Waals surface area contributed by atoms with Crippen molar-refractivity contribution in [3.8, 4) is 0 Å². The van der Waals surface area contributed by atoms with E-state index < -0.39 is 0 Å². The van der Waals surface area contributed by atoms with Crippen molar-refractivity contribution in [1.82, 2.24) is 4.98 Å². The maximum atomic E-state index is 6.05. The largest absolute Gasteiger partial charge is 0.324 e. The van der Waals surface area contributed by atoms with Gasteiger partial charge in [-0.1, -0.05) is 32.3 Å². The molecule has 1 saturated carbocycles. The summed E-state index contributed by atoms with van der Waals surface area (Å²) in [5, 5.41) is 1.98. The number of nitrogens with zero attached hydrogens (tertiary/aromatic N) is 1. The lowest BCUT2D eigenvalue weighted by molar-refractivity contribution is 0.515. The lowest BCUT2D eigenvalue weighted by atomic mass is 10.0. The van der Waals surface area contributed by atoms with Crippen molar-refractivity contribution in [3.63, 3.8) is 0 Å². The fraction of sp³-hybridized carbons (Fsp3) is 0.667. The van der Waals surface area contributed by atoms with Crippen molar-refractivity contribution in [2.75, 3.05) is 0 Å². The first-order valence-corrected chi connectivity index (χ1v) is 7.97. The molecule has 0 radical (unpaired) electrons. The van der Waals surface area contributed by atoms with Crippen molar-refractivity contribution >= 4 is 11.8 Å². The van der Waals surface area contributed by atoms with Gasteiger partial charge in [0.25, 0.3) is 0 Å². The van der Waals surface area contributed by atoms with E-state index in [1.807, 2.05) is 18.0 Å². The summed E-state index contributed by atoms with van der Waals surface area (Å²) in [7, 11) is 0. The van der Waals surface area contributed by atoms with Gasteiger partial charge in [0.05, 0.1) is 5.03 Å². The summed E-state index contributed by atoms with van der Waals surface area (Å²) in [4.78, 5) is 4.62. The Hall–Kier alpha value is -0.540. The molecule has 1 aromatic rings. The normalized spacial score (nSPS) is 18.8. The molecular weight excluding hydrogens is 240 g/mol. The fourth-order valence-corrected chi connectivity index (χ4v) is 3.73. The molecule has 1 atom stereocenters. The molecule has 2 nitrogen and oxygen atoms in total. The Labute approximate surface area is 115 Å².